The summed E-state index contributed by atoms with van der Waals surface area (Å²) >= 11 is 3.29. The van der Waals surface area contributed by atoms with E-state index in [9.17, 15) is 27.4 Å². The van der Waals surface area contributed by atoms with Crippen molar-refractivity contribution in [2.75, 3.05) is 30.3 Å². The number of unbranched alkanes of at least 4 members (excludes halogenated alkanes) is 2. The number of anilines is 1. The molecule has 0 radical (unpaired) electrons. The summed E-state index contributed by atoms with van der Waals surface area (Å²) in [6.07, 6.45) is 11.6. The van der Waals surface area contributed by atoms with E-state index in [2.05, 4.69) is 58.2 Å². The maximum Gasteiger partial charge on any atom is 0.303 e. The molecule has 53 heavy (non-hydrogen) atoms. The van der Waals surface area contributed by atoms with Gasteiger partial charge in [0, 0.05) is 43.1 Å². The summed E-state index contributed by atoms with van der Waals surface area (Å²) in [4.78, 5) is 42.6. The Morgan fingerprint density at radius 2 is 1.66 bits per heavy atom. The number of carbonyl (C=O) groups excluding carboxylic acids is 2. The number of carboxylic acids is 1. The Bertz CT molecular complexity index is 2060. The number of allylic oxidation sites excluding steroid dienone is 6. The molecular weight excluding hydrogens is 848 g/mol. The molecule has 1 aromatic heterocycles. The van der Waals surface area contributed by atoms with Crippen molar-refractivity contribution in [2.24, 2.45) is 5.41 Å². The Kier molecular flexibility index (Phi) is 15.3. The van der Waals surface area contributed by atoms with E-state index >= 15 is 0 Å². The van der Waals surface area contributed by atoms with Crippen LogP contribution in [0.1, 0.15) is 57.4 Å². The van der Waals surface area contributed by atoms with Gasteiger partial charge >= 0.3 is 5.97 Å². The number of aryl methyl sites for hydroxylation is 1. The topological polar surface area (TPSA) is 157 Å². The number of hydrogen-bond donors (Lipinski definition) is 4. The molecule has 4 N–H and O–H groups in total. The molecule has 0 saturated carbocycles. The van der Waals surface area contributed by atoms with Crippen molar-refractivity contribution in [1.29, 1.82) is 0 Å². The highest BCUT2D eigenvalue weighted by Crippen LogP contribution is 2.46. The van der Waals surface area contributed by atoms with Crippen LogP contribution in [-0.2, 0) is 31.0 Å². The smallest absolute Gasteiger partial charge is 0.303 e. The molecule has 2 aliphatic rings. The van der Waals surface area contributed by atoms with E-state index in [1.807, 2.05) is 54.6 Å². The lowest BCUT2D eigenvalue weighted by Crippen LogP contribution is -3.00. The quantitative estimate of drug-likeness (QED) is 0.0559. The van der Waals surface area contributed by atoms with Gasteiger partial charge in [-0.3, -0.25) is 18.9 Å². The van der Waals surface area contributed by atoms with Gasteiger partial charge in [0.25, 0.3) is 15.1 Å². The number of nitrogens with one attached hydrogen (secondary N) is 2. The van der Waals surface area contributed by atoms with E-state index in [4.69, 9.17) is 5.11 Å². The van der Waals surface area contributed by atoms with Crippen LogP contribution in [-0.4, -0.2) is 61.2 Å². The lowest BCUT2D eigenvalue weighted by atomic mass is 9.70. The molecule has 284 valence electrons. The van der Waals surface area contributed by atoms with E-state index in [-0.39, 0.29) is 56.3 Å². The van der Waals surface area contributed by atoms with Crippen molar-refractivity contribution in [3.05, 3.63) is 94.0 Å². The van der Waals surface area contributed by atoms with Crippen molar-refractivity contribution >= 4 is 73.0 Å². The molecule has 15 heteroatoms. The Morgan fingerprint density at radius 3 is 2.38 bits per heavy atom. The average molecular weight is 893 g/mol. The molecule has 1 aliphatic carbocycles. The molecule has 0 spiro atoms. The zero-order valence-electron chi connectivity index (χ0n) is 29.7. The minimum atomic E-state index is -4.35. The number of carbonyl (C=O) groups is 3. The highest BCUT2D eigenvalue weighted by molar-refractivity contribution is 8.03. The summed E-state index contributed by atoms with van der Waals surface area (Å²) in [5.74, 6) is -2.71. The van der Waals surface area contributed by atoms with Gasteiger partial charge in [0.2, 0.25) is 17.3 Å². The summed E-state index contributed by atoms with van der Waals surface area (Å²) in [6, 6.07) is 16.3. The van der Waals surface area contributed by atoms with Gasteiger partial charge in [-0.05, 0) is 75.0 Å². The van der Waals surface area contributed by atoms with Crippen LogP contribution in [0, 0.1) is 5.41 Å². The first-order valence-corrected chi connectivity index (χ1v) is 20.7. The number of nitrogens with zero attached hydrogens (tertiary/aromatic N) is 2. The zero-order chi connectivity index (χ0) is 37.3. The number of thioether (sulfide) groups is 1. The van der Waals surface area contributed by atoms with Crippen molar-refractivity contribution < 1.29 is 61.0 Å². The maximum atomic E-state index is 14.2. The van der Waals surface area contributed by atoms with Crippen molar-refractivity contribution in [3.8, 4) is 0 Å². The molecule has 2 heterocycles. The van der Waals surface area contributed by atoms with Gasteiger partial charge in [0.05, 0.1) is 16.5 Å². The molecule has 11 nitrogen and oxygen atoms in total. The minimum absolute atomic E-state index is 0. The molecule has 0 fully saturated rings. The number of halogens is 1. The second kappa shape index (κ2) is 19.2. The molecule has 0 bridgehead atoms. The summed E-state index contributed by atoms with van der Waals surface area (Å²) in [5.41, 5.74) is 2.09. The van der Waals surface area contributed by atoms with Crippen molar-refractivity contribution in [3.63, 3.8) is 0 Å². The fourth-order valence-electron chi connectivity index (χ4n) is 6.51. The summed E-state index contributed by atoms with van der Waals surface area (Å²) in [7, 11) is -4.35. The highest BCUT2D eigenvalue weighted by Gasteiger charge is 2.48. The average Bonchev–Trinajstić information content (AvgIpc) is 3.67. The van der Waals surface area contributed by atoms with Gasteiger partial charge < -0.3 is 44.6 Å². The van der Waals surface area contributed by atoms with Gasteiger partial charge in [-0.15, -0.1) is 0 Å². The highest BCUT2D eigenvalue weighted by atomic mass is 127. The van der Waals surface area contributed by atoms with Crippen LogP contribution >= 0.6 is 23.1 Å². The van der Waals surface area contributed by atoms with Crippen LogP contribution in [0.15, 0.2) is 93.9 Å². The molecule has 3 aromatic rings. The van der Waals surface area contributed by atoms with Crippen LogP contribution < -0.4 is 44.1 Å². The summed E-state index contributed by atoms with van der Waals surface area (Å²) < 4.78 is 35.7. The number of hydrogen-bond acceptors (Lipinski definition) is 8. The molecule has 1 atom stereocenters. The monoisotopic (exact) mass is 892 g/mol. The number of carboxylic acid groups (broad SMARTS) is 1. The first kappa shape index (κ1) is 42.2. The normalized spacial score (nSPS) is 18.6. The first-order chi connectivity index (χ1) is 24.9. The second-order valence-electron chi connectivity index (χ2n) is 12.7. The van der Waals surface area contributed by atoms with Gasteiger partial charge in [-0.1, -0.05) is 72.0 Å². The third-order valence-corrected chi connectivity index (χ3v) is 12.0. The molecule has 5 rings (SSSR count). The number of thiazole rings is 1. The van der Waals surface area contributed by atoms with Gasteiger partial charge in [-0.2, -0.15) is 13.0 Å². The zero-order valence-corrected chi connectivity index (χ0v) is 34.3. The van der Waals surface area contributed by atoms with Crippen molar-refractivity contribution in [2.45, 2.75) is 63.8 Å². The molecule has 2 amide bonds. The molecule has 2 aromatic carbocycles. The largest absolute Gasteiger partial charge is 1.00 e. The third-order valence-electron chi connectivity index (χ3n) is 9.04. The maximum absolute atomic E-state index is 14.2. The van der Waals surface area contributed by atoms with E-state index in [0.29, 0.717) is 19.3 Å². The number of para-hydroxylation sites is 2. The van der Waals surface area contributed by atoms with E-state index in [0.717, 1.165) is 55.1 Å². The number of rotatable bonds is 16. The molecule has 1 aliphatic heterocycles. The standard InChI is InChI=1S/C38H44N4O7S3.HI/c1-3-41-29-12-7-9-14-31(29)50-33(41)19-17-27-24-28(18-20-34-42(4-2)30-13-8-10-15-32(30)51-34)26-38(25-27,37(46)40-22-23-52(47,48)49)36(45)39-21-11-5-6-16-35(43)44;/h7-10,12-15,17-20,24H,3-6,11,16,21-23,25-26H2,1-2H3,(H3-,39,40,43,44,45,46,47,48,49);1H. The summed E-state index contributed by atoms with van der Waals surface area (Å²) in [5, 5.41) is 16.5. The third kappa shape index (κ3) is 10.8. The predicted octanol–water partition coefficient (Wildman–Crippen LogP) is 3.10. The van der Waals surface area contributed by atoms with Crippen LogP contribution in [0.2, 0.25) is 0 Å². The lowest BCUT2D eigenvalue weighted by Gasteiger charge is -2.35. The van der Waals surface area contributed by atoms with Crippen LogP contribution in [0.5, 0.6) is 0 Å². The fraction of sp³-hybridized carbons (Fsp3) is 0.368. The minimum Gasteiger partial charge on any atom is -1.00 e. The second-order valence-corrected chi connectivity index (χ2v) is 16.4. The molecule has 0 saturated heterocycles. The molecule has 1 unspecified atom stereocenters. The Hall–Kier alpha value is -3.51. The Morgan fingerprint density at radius 1 is 0.943 bits per heavy atom. The van der Waals surface area contributed by atoms with Crippen LogP contribution in [0.4, 0.5) is 5.69 Å². The first-order valence-electron chi connectivity index (χ1n) is 17.4. The van der Waals surface area contributed by atoms with Crippen LogP contribution in [0.25, 0.3) is 16.3 Å². The summed E-state index contributed by atoms with van der Waals surface area (Å²) in [6.45, 7) is 5.55. The fourth-order valence-corrected chi connectivity index (χ4v) is 9.13. The number of fused-ring (bicyclic) bond motifs is 2. The van der Waals surface area contributed by atoms with E-state index in [1.54, 1.807) is 23.1 Å². The number of aromatic nitrogens is 1. The SMILES string of the molecule is CCN1/C(=C/C=C2C=C(/C=C/c3sc4ccccc4[n+]3CC)CC(C(=O)NCCCCCC(=O)O)(C(=O)NCCS(=O)(=O)O)C/2)Sc2ccccc21.[I-]. The van der Waals surface area contributed by atoms with Crippen LogP contribution in [0.3, 0.4) is 0 Å². The number of amides is 2. The van der Waals surface area contributed by atoms with E-state index in [1.165, 1.54) is 0 Å². The predicted molar refractivity (Wildman–Crippen MR) is 207 cm³/mol. The number of aliphatic carboxylic acids is 1. The Labute approximate surface area is 336 Å². The van der Waals surface area contributed by atoms with Gasteiger partial charge in [0.15, 0.2) is 0 Å². The van der Waals surface area contributed by atoms with E-state index < -0.39 is 39.1 Å². The number of benzene rings is 2. The van der Waals surface area contributed by atoms with Crippen molar-refractivity contribution in [1.82, 2.24) is 10.6 Å². The Balaban J connectivity index is 0.00000627. The van der Waals surface area contributed by atoms with Gasteiger partial charge in [-0.25, -0.2) is 0 Å². The molecular formula is C38H45IN4O7S3. The van der Waals surface area contributed by atoms with Gasteiger partial charge in [0.1, 0.15) is 16.7 Å². The lowest BCUT2D eigenvalue weighted by molar-refractivity contribution is -0.665.